The summed E-state index contributed by atoms with van der Waals surface area (Å²) in [6.45, 7) is 0.867. The molecule has 0 heterocycles. The average molecular weight is 390 g/mol. The molecule has 0 spiro atoms. The van der Waals surface area contributed by atoms with Crippen molar-refractivity contribution in [3.8, 4) is 5.75 Å². The highest BCUT2D eigenvalue weighted by Gasteiger charge is 2.25. The van der Waals surface area contributed by atoms with Gasteiger partial charge in [0.15, 0.2) is 0 Å². The number of benzene rings is 1. The first-order valence-corrected chi connectivity index (χ1v) is 10.5. The predicted molar refractivity (Wildman–Crippen MR) is 96.3 cm³/mol. The molecule has 0 bridgehead atoms. The lowest BCUT2D eigenvalue weighted by Crippen LogP contribution is -2.35. The molecule has 0 unspecified atom stereocenters. The zero-order valence-corrected chi connectivity index (χ0v) is 16.1. The molecule has 0 N–H and O–H groups in total. The maximum Gasteiger partial charge on any atom is 0.414 e. The monoisotopic (exact) mass is 389 g/mol. The first-order chi connectivity index (χ1) is 11.7. The zero-order chi connectivity index (χ0) is 18.4. The van der Waals surface area contributed by atoms with E-state index in [1.165, 1.54) is 0 Å². The second-order valence-corrected chi connectivity index (χ2v) is 8.66. The van der Waals surface area contributed by atoms with Crippen molar-refractivity contribution < 1.29 is 22.1 Å². The number of carbonyl (C=O) groups is 1. The third kappa shape index (κ3) is 7.22. The summed E-state index contributed by atoms with van der Waals surface area (Å²) in [6.07, 6.45) is 4.36. The van der Waals surface area contributed by atoms with Crippen LogP contribution in [0, 0.1) is 11.8 Å². The summed E-state index contributed by atoms with van der Waals surface area (Å²) < 4.78 is 32.3. The van der Waals surface area contributed by atoms with Crippen LogP contribution in [0.4, 0.5) is 4.79 Å². The molecule has 2 rings (SSSR count). The molecule has 1 aliphatic rings. The van der Waals surface area contributed by atoms with Gasteiger partial charge >= 0.3 is 6.09 Å². The molecule has 1 aromatic rings. The Bertz CT molecular complexity index is 669. The highest BCUT2D eigenvalue weighted by Crippen LogP contribution is 2.29. The smallest absolute Gasteiger partial charge is 0.410 e. The fraction of sp³-hybridized carbons (Fsp3) is 0.588. The summed E-state index contributed by atoms with van der Waals surface area (Å²) in [5.41, 5.74) is 0. The Kier molecular flexibility index (Phi) is 7.10. The van der Waals surface area contributed by atoms with Gasteiger partial charge in [-0.2, -0.15) is 8.42 Å². The van der Waals surface area contributed by atoms with Crippen LogP contribution >= 0.6 is 11.6 Å². The van der Waals surface area contributed by atoms with Crippen molar-refractivity contribution in [3.05, 3.63) is 29.3 Å². The molecule has 0 aromatic heterocycles. The van der Waals surface area contributed by atoms with Crippen LogP contribution < -0.4 is 4.74 Å². The van der Waals surface area contributed by atoms with Crippen LogP contribution in [0.2, 0.25) is 5.02 Å². The van der Waals surface area contributed by atoms with Gasteiger partial charge in [0.2, 0.25) is 0 Å². The summed E-state index contributed by atoms with van der Waals surface area (Å²) in [4.78, 5) is 13.7. The lowest BCUT2D eigenvalue weighted by Gasteiger charge is -2.30. The van der Waals surface area contributed by atoms with Crippen LogP contribution in [0.25, 0.3) is 0 Å². The van der Waals surface area contributed by atoms with Gasteiger partial charge in [-0.25, -0.2) is 4.79 Å². The Balaban J connectivity index is 1.73. The standard InChI is InChI=1S/C17H24ClNO5S/c1-19(17(20)24-16-9-7-15(18)8-10-16)11-13-3-5-14(6-4-13)12-23-25(2,21)22/h7-10,13-14H,3-6,11-12H2,1-2H3/t13-,14-. The van der Waals surface area contributed by atoms with E-state index < -0.39 is 16.2 Å². The number of hydrogen-bond donors (Lipinski definition) is 0. The van der Waals surface area contributed by atoms with E-state index in [4.69, 9.17) is 20.5 Å². The van der Waals surface area contributed by atoms with Crippen LogP contribution in [0.5, 0.6) is 5.75 Å². The Hall–Kier alpha value is -1.31. The maximum atomic E-state index is 12.1. The molecule has 1 saturated carbocycles. The van der Waals surface area contributed by atoms with E-state index in [0.29, 0.717) is 23.2 Å². The van der Waals surface area contributed by atoms with E-state index in [9.17, 15) is 13.2 Å². The largest absolute Gasteiger partial charge is 0.414 e. The fourth-order valence-electron chi connectivity index (χ4n) is 2.94. The van der Waals surface area contributed by atoms with Crippen molar-refractivity contribution >= 4 is 27.8 Å². The van der Waals surface area contributed by atoms with Crippen molar-refractivity contribution in [3.63, 3.8) is 0 Å². The molecule has 1 amide bonds. The molecule has 140 valence electrons. The number of ether oxygens (including phenoxy) is 1. The van der Waals surface area contributed by atoms with Crippen LogP contribution in [-0.4, -0.2) is 45.9 Å². The molecule has 1 fully saturated rings. The number of amides is 1. The van der Waals surface area contributed by atoms with E-state index in [0.717, 1.165) is 31.9 Å². The van der Waals surface area contributed by atoms with E-state index in [1.807, 2.05) is 0 Å². The second-order valence-electron chi connectivity index (χ2n) is 6.58. The molecule has 0 radical (unpaired) electrons. The van der Waals surface area contributed by atoms with Crippen LogP contribution in [0.1, 0.15) is 25.7 Å². The molecule has 6 nitrogen and oxygen atoms in total. The van der Waals surface area contributed by atoms with Crippen LogP contribution in [0.3, 0.4) is 0 Å². The van der Waals surface area contributed by atoms with E-state index >= 15 is 0 Å². The van der Waals surface area contributed by atoms with Gasteiger partial charge < -0.3 is 9.64 Å². The van der Waals surface area contributed by atoms with E-state index in [-0.39, 0.29) is 12.5 Å². The lowest BCUT2D eigenvalue weighted by atomic mass is 9.82. The Morgan fingerprint density at radius 2 is 1.72 bits per heavy atom. The number of carbonyl (C=O) groups excluding carboxylic acids is 1. The lowest BCUT2D eigenvalue weighted by molar-refractivity contribution is 0.137. The minimum atomic E-state index is -3.38. The Labute approximate surface area is 154 Å². The highest BCUT2D eigenvalue weighted by atomic mass is 35.5. The third-order valence-electron chi connectivity index (χ3n) is 4.35. The Morgan fingerprint density at radius 3 is 2.28 bits per heavy atom. The summed E-state index contributed by atoms with van der Waals surface area (Å²) in [5.74, 6) is 1.11. The van der Waals surface area contributed by atoms with Gasteiger partial charge in [-0.05, 0) is 61.8 Å². The van der Waals surface area contributed by atoms with E-state index in [1.54, 1.807) is 36.2 Å². The van der Waals surface area contributed by atoms with E-state index in [2.05, 4.69) is 0 Å². The first kappa shape index (κ1) is 20.0. The highest BCUT2D eigenvalue weighted by molar-refractivity contribution is 7.85. The molecule has 0 atom stereocenters. The van der Waals surface area contributed by atoms with Gasteiger partial charge in [-0.15, -0.1) is 0 Å². The molecule has 1 aromatic carbocycles. The molecule has 1 aliphatic carbocycles. The minimum absolute atomic E-state index is 0.250. The van der Waals surface area contributed by atoms with Gasteiger partial charge in [0.25, 0.3) is 10.1 Å². The van der Waals surface area contributed by atoms with Crippen molar-refractivity contribution in [2.24, 2.45) is 11.8 Å². The zero-order valence-electron chi connectivity index (χ0n) is 14.5. The number of halogens is 1. The first-order valence-electron chi connectivity index (χ1n) is 8.26. The van der Waals surface area contributed by atoms with Crippen molar-refractivity contribution in [2.75, 3.05) is 26.5 Å². The predicted octanol–water partition coefficient (Wildman–Crippen LogP) is 3.55. The number of nitrogens with zero attached hydrogens (tertiary/aromatic N) is 1. The SMILES string of the molecule is CN(C[C@H]1CC[C@H](COS(C)(=O)=O)CC1)C(=O)Oc1ccc(Cl)cc1. The third-order valence-corrected chi connectivity index (χ3v) is 5.16. The fourth-order valence-corrected chi connectivity index (χ4v) is 3.51. The van der Waals surface area contributed by atoms with Gasteiger partial charge in [0, 0.05) is 18.6 Å². The van der Waals surface area contributed by atoms with Gasteiger partial charge in [0.1, 0.15) is 5.75 Å². The molecule has 0 saturated heterocycles. The summed E-state index contributed by atoms with van der Waals surface area (Å²) in [6, 6.07) is 6.65. The normalized spacial score (nSPS) is 20.9. The number of hydrogen-bond acceptors (Lipinski definition) is 5. The topological polar surface area (TPSA) is 72.9 Å². The summed E-state index contributed by atoms with van der Waals surface area (Å²) >= 11 is 5.81. The summed E-state index contributed by atoms with van der Waals surface area (Å²) in [5, 5.41) is 0.588. The summed E-state index contributed by atoms with van der Waals surface area (Å²) in [7, 11) is -1.66. The molecule has 0 aliphatic heterocycles. The average Bonchev–Trinajstić information content (AvgIpc) is 2.55. The van der Waals surface area contributed by atoms with Gasteiger partial charge in [-0.1, -0.05) is 11.6 Å². The van der Waals surface area contributed by atoms with Crippen LogP contribution in [0.15, 0.2) is 24.3 Å². The maximum absolute atomic E-state index is 12.1. The second kappa shape index (κ2) is 8.87. The minimum Gasteiger partial charge on any atom is -0.410 e. The van der Waals surface area contributed by atoms with Gasteiger partial charge in [0.05, 0.1) is 12.9 Å². The molecular weight excluding hydrogens is 366 g/mol. The Morgan fingerprint density at radius 1 is 1.16 bits per heavy atom. The van der Waals surface area contributed by atoms with Gasteiger partial charge in [-0.3, -0.25) is 4.18 Å². The molecule has 8 heteroatoms. The quantitative estimate of drug-likeness (QED) is 0.695. The van der Waals surface area contributed by atoms with Crippen molar-refractivity contribution in [1.82, 2.24) is 4.90 Å². The van der Waals surface area contributed by atoms with Crippen molar-refractivity contribution in [1.29, 1.82) is 0 Å². The molecular formula is C17H24ClNO5S. The van der Waals surface area contributed by atoms with Crippen molar-refractivity contribution in [2.45, 2.75) is 25.7 Å². The number of rotatable bonds is 6. The van der Waals surface area contributed by atoms with Crippen LogP contribution in [-0.2, 0) is 14.3 Å². The molecule has 25 heavy (non-hydrogen) atoms.